The van der Waals surface area contributed by atoms with Crippen LogP contribution >= 0.6 is 11.6 Å². The Hall–Kier alpha value is -2.08. The van der Waals surface area contributed by atoms with Crippen LogP contribution in [0.15, 0.2) is 22.7 Å². The summed E-state index contributed by atoms with van der Waals surface area (Å²) in [7, 11) is 0. The number of anilines is 1. The van der Waals surface area contributed by atoms with Gasteiger partial charge in [-0.1, -0.05) is 16.8 Å². The molecule has 6 nitrogen and oxygen atoms in total. The molecule has 0 fully saturated rings. The van der Waals surface area contributed by atoms with Crippen molar-refractivity contribution >= 4 is 23.3 Å². The van der Waals surface area contributed by atoms with Crippen LogP contribution in [0, 0.1) is 6.92 Å². The summed E-state index contributed by atoms with van der Waals surface area (Å²) < 4.78 is 4.84. The summed E-state index contributed by atoms with van der Waals surface area (Å²) in [6.45, 7) is 2.21. The number of carboxylic acid groups (broad SMARTS) is 1. The molecule has 2 aromatic rings. The van der Waals surface area contributed by atoms with E-state index in [0.717, 1.165) is 0 Å². The molecule has 7 heteroatoms. The van der Waals surface area contributed by atoms with Gasteiger partial charge in [0.2, 0.25) is 5.89 Å². The smallest absolute Gasteiger partial charge is 0.337 e. The van der Waals surface area contributed by atoms with Crippen LogP contribution in [0.25, 0.3) is 0 Å². The summed E-state index contributed by atoms with van der Waals surface area (Å²) in [6, 6.07) is 4.67. The molecule has 0 saturated carbocycles. The molecule has 0 bridgehead atoms. The topological polar surface area (TPSA) is 88.2 Å². The third kappa shape index (κ3) is 3.45. The number of benzene rings is 1. The van der Waals surface area contributed by atoms with Crippen LogP contribution in [0.4, 0.5) is 5.69 Å². The van der Waals surface area contributed by atoms with Crippen LogP contribution < -0.4 is 5.32 Å². The van der Waals surface area contributed by atoms with Crippen LogP contribution in [0.3, 0.4) is 0 Å². The van der Waals surface area contributed by atoms with E-state index in [0.29, 0.717) is 35.4 Å². The molecule has 2 rings (SSSR count). The van der Waals surface area contributed by atoms with Crippen LogP contribution in [-0.4, -0.2) is 27.8 Å². The Kier molecular flexibility index (Phi) is 4.01. The molecule has 1 heterocycles. The standard InChI is InChI=1S/C12H12ClN3O3/c1-7-15-11(16-19-7)4-5-14-10-3-2-8(13)6-9(10)12(17)18/h2-3,6,14H,4-5H2,1H3,(H,17,18). The second-order valence-electron chi connectivity index (χ2n) is 3.90. The number of nitrogens with one attached hydrogen (secondary N) is 1. The largest absolute Gasteiger partial charge is 0.478 e. The van der Waals surface area contributed by atoms with E-state index >= 15 is 0 Å². The lowest BCUT2D eigenvalue weighted by Gasteiger charge is -2.08. The van der Waals surface area contributed by atoms with Gasteiger partial charge in [0.1, 0.15) is 0 Å². The van der Waals surface area contributed by atoms with Crippen molar-refractivity contribution in [3.05, 3.63) is 40.5 Å². The Balaban J connectivity index is 2.01. The summed E-state index contributed by atoms with van der Waals surface area (Å²) in [5.74, 6) is 0.0592. The van der Waals surface area contributed by atoms with Crippen LogP contribution in [0.5, 0.6) is 0 Å². The molecule has 1 aromatic carbocycles. The molecule has 0 aliphatic rings. The summed E-state index contributed by atoms with van der Waals surface area (Å²) in [6.07, 6.45) is 0.541. The Morgan fingerprint density at radius 2 is 2.32 bits per heavy atom. The summed E-state index contributed by atoms with van der Waals surface area (Å²) in [5.41, 5.74) is 0.647. The average Bonchev–Trinajstić information content (AvgIpc) is 2.77. The number of halogens is 1. The van der Waals surface area contributed by atoms with E-state index < -0.39 is 5.97 Å². The molecular formula is C12H12ClN3O3. The quantitative estimate of drug-likeness (QED) is 0.875. The third-order valence-electron chi connectivity index (χ3n) is 2.45. The first-order valence-electron chi connectivity index (χ1n) is 5.62. The highest BCUT2D eigenvalue weighted by Crippen LogP contribution is 2.20. The highest BCUT2D eigenvalue weighted by molar-refractivity contribution is 6.31. The van der Waals surface area contributed by atoms with Crippen molar-refractivity contribution < 1.29 is 14.4 Å². The van der Waals surface area contributed by atoms with Crippen molar-refractivity contribution in [3.8, 4) is 0 Å². The predicted molar refractivity (Wildman–Crippen MR) is 69.6 cm³/mol. The third-order valence-corrected chi connectivity index (χ3v) is 2.68. The van der Waals surface area contributed by atoms with Crippen molar-refractivity contribution in [3.63, 3.8) is 0 Å². The Bertz CT molecular complexity index is 598. The number of hydrogen-bond donors (Lipinski definition) is 2. The molecule has 0 aliphatic heterocycles. The van der Waals surface area contributed by atoms with Gasteiger partial charge in [-0.2, -0.15) is 4.98 Å². The van der Waals surface area contributed by atoms with E-state index in [9.17, 15) is 4.79 Å². The summed E-state index contributed by atoms with van der Waals surface area (Å²) in [4.78, 5) is 15.1. The minimum absolute atomic E-state index is 0.136. The molecule has 0 radical (unpaired) electrons. The minimum Gasteiger partial charge on any atom is -0.478 e. The van der Waals surface area contributed by atoms with E-state index in [1.165, 1.54) is 6.07 Å². The van der Waals surface area contributed by atoms with Gasteiger partial charge in [0.15, 0.2) is 5.82 Å². The lowest BCUT2D eigenvalue weighted by molar-refractivity contribution is 0.0698. The van der Waals surface area contributed by atoms with E-state index in [1.54, 1.807) is 19.1 Å². The number of aromatic nitrogens is 2. The van der Waals surface area contributed by atoms with Crippen LogP contribution in [-0.2, 0) is 6.42 Å². The lowest BCUT2D eigenvalue weighted by Crippen LogP contribution is -2.10. The monoisotopic (exact) mass is 281 g/mol. The Morgan fingerprint density at radius 3 is 2.95 bits per heavy atom. The van der Waals surface area contributed by atoms with E-state index in [1.807, 2.05) is 0 Å². The maximum atomic E-state index is 11.1. The van der Waals surface area contributed by atoms with E-state index in [-0.39, 0.29) is 5.56 Å². The second kappa shape index (κ2) is 5.71. The van der Waals surface area contributed by atoms with Gasteiger partial charge in [-0.25, -0.2) is 4.79 Å². The van der Waals surface area contributed by atoms with Gasteiger partial charge in [0, 0.05) is 30.6 Å². The number of rotatable bonds is 5. The second-order valence-corrected chi connectivity index (χ2v) is 4.34. The number of aromatic carboxylic acids is 1. The minimum atomic E-state index is -1.03. The van der Waals surface area contributed by atoms with Gasteiger partial charge < -0.3 is 14.9 Å². The molecule has 0 saturated heterocycles. The zero-order valence-corrected chi connectivity index (χ0v) is 10.9. The van der Waals surface area contributed by atoms with Crippen molar-refractivity contribution in [2.24, 2.45) is 0 Å². The molecule has 2 N–H and O–H groups in total. The molecule has 1 aromatic heterocycles. The molecule has 0 aliphatic carbocycles. The lowest BCUT2D eigenvalue weighted by atomic mass is 10.1. The van der Waals surface area contributed by atoms with Crippen molar-refractivity contribution in [2.75, 3.05) is 11.9 Å². The zero-order chi connectivity index (χ0) is 13.8. The first-order valence-corrected chi connectivity index (χ1v) is 6.00. The number of carbonyl (C=O) groups is 1. The Labute approximate surface area is 114 Å². The molecule has 0 unspecified atom stereocenters. The first-order chi connectivity index (χ1) is 9.06. The van der Waals surface area contributed by atoms with E-state index in [4.69, 9.17) is 21.2 Å². The van der Waals surface area contributed by atoms with Gasteiger partial charge >= 0.3 is 5.97 Å². The number of aryl methyl sites for hydroxylation is 1. The maximum absolute atomic E-state index is 11.1. The fraction of sp³-hybridized carbons (Fsp3) is 0.250. The molecule has 0 spiro atoms. The molecular weight excluding hydrogens is 270 g/mol. The van der Waals surface area contributed by atoms with Gasteiger partial charge in [-0.05, 0) is 18.2 Å². The van der Waals surface area contributed by atoms with Gasteiger partial charge in [-0.15, -0.1) is 0 Å². The highest BCUT2D eigenvalue weighted by Gasteiger charge is 2.10. The normalized spacial score (nSPS) is 10.4. The van der Waals surface area contributed by atoms with Crippen molar-refractivity contribution in [2.45, 2.75) is 13.3 Å². The van der Waals surface area contributed by atoms with Crippen LogP contribution in [0.1, 0.15) is 22.1 Å². The number of carboxylic acids is 1. The number of nitrogens with zero attached hydrogens (tertiary/aromatic N) is 2. The van der Waals surface area contributed by atoms with Gasteiger partial charge in [-0.3, -0.25) is 0 Å². The van der Waals surface area contributed by atoms with Crippen molar-refractivity contribution in [1.29, 1.82) is 0 Å². The van der Waals surface area contributed by atoms with E-state index in [2.05, 4.69) is 15.5 Å². The fourth-order valence-corrected chi connectivity index (χ4v) is 1.77. The molecule has 100 valence electrons. The fourth-order valence-electron chi connectivity index (χ4n) is 1.60. The molecule has 0 atom stereocenters. The molecule has 19 heavy (non-hydrogen) atoms. The van der Waals surface area contributed by atoms with Crippen LogP contribution in [0.2, 0.25) is 5.02 Å². The highest BCUT2D eigenvalue weighted by atomic mass is 35.5. The average molecular weight is 282 g/mol. The maximum Gasteiger partial charge on any atom is 0.337 e. The zero-order valence-electron chi connectivity index (χ0n) is 10.2. The van der Waals surface area contributed by atoms with Gasteiger partial charge in [0.25, 0.3) is 0 Å². The van der Waals surface area contributed by atoms with Crippen molar-refractivity contribution in [1.82, 2.24) is 10.1 Å². The predicted octanol–water partition coefficient (Wildman–Crippen LogP) is 2.38. The summed E-state index contributed by atoms with van der Waals surface area (Å²) in [5, 5.41) is 16.2. The number of hydrogen-bond acceptors (Lipinski definition) is 5. The summed E-state index contributed by atoms with van der Waals surface area (Å²) >= 11 is 5.77. The first kappa shape index (κ1) is 13.4. The Morgan fingerprint density at radius 1 is 1.53 bits per heavy atom. The van der Waals surface area contributed by atoms with Gasteiger partial charge in [0.05, 0.1) is 5.56 Å². The SMILES string of the molecule is Cc1nc(CCNc2ccc(Cl)cc2C(=O)O)no1. The molecule has 0 amide bonds.